The largest absolute Gasteiger partial charge is 0.322 e. The van der Waals surface area contributed by atoms with Gasteiger partial charge in [0.25, 0.3) is 0 Å². The van der Waals surface area contributed by atoms with E-state index in [1.165, 1.54) is 0 Å². The number of nitrogens with zero attached hydrogens (tertiary/aromatic N) is 1. The second kappa shape index (κ2) is 5.20. The molecule has 1 fully saturated rings. The molecule has 1 saturated heterocycles. The number of hydrogen-bond acceptors (Lipinski definition) is 4. The number of nitrogens with one attached hydrogen (secondary N) is 1. The molecule has 1 aliphatic rings. The summed E-state index contributed by atoms with van der Waals surface area (Å²) in [6.45, 7) is 0. The van der Waals surface area contributed by atoms with Gasteiger partial charge in [0.1, 0.15) is 0 Å². The molecule has 0 spiro atoms. The summed E-state index contributed by atoms with van der Waals surface area (Å²) in [4.78, 5) is 14.6. The van der Waals surface area contributed by atoms with E-state index >= 15 is 0 Å². The van der Waals surface area contributed by atoms with Gasteiger partial charge in [0.15, 0.2) is 9.84 Å². The zero-order chi connectivity index (χ0) is 14.0. The van der Waals surface area contributed by atoms with E-state index in [-0.39, 0.29) is 29.5 Å². The lowest BCUT2D eigenvalue weighted by Gasteiger charge is -2.08. The van der Waals surface area contributed by atoms with Gasteiger partial charge in [-0.1, -0.05) is 0 Å². The van der Waals surface area contributed by atoms with Crippen molar-refractivity contribution in [3.8, 4) is 0 Å². The van der Waals surface area contributed by atoms with Crippen molar-refractivity contribution >= 4 is 21.4 Å². The lowest BCUT2D eigenvalue weighted by atomic mass is 10.1. The predicted octanol–water partition coefficient (Wildman–Crippen LogP) is 1.12. The molecular formula is C11H12F2N2O3S. The van der Waals surface area contributed by atoms with Crippen LogP contribution in [0.25, 0.3) is 0 Å². The molecule has 0 aromatic carbocycles. The van der Waals surface area contributed by atoms with Gasteiger partial charge in [-0.3, -0.25) is 4.79 Å². The first-order valence-electron chi connectivity index (χ1n) is 5.68. The van der Waals surface area contributed by atoms with E-state index in [0.29, 0.717) is 6.42 Å². The van der Waals surface area contributed by atoms with Gasteiger partial charge in [-0.05, 0) is 24.5 Å². The molecule has 1 aliphatic heterocycles. The molecule has 1 unspecified atom stereocenters. The Kier molecular flexibility index (Phi) is 3.79. The van der Waals surface area contributed by atoms with E-state index in [1.54, 1.807) is 0 Å². The minimum Gasteiger partial charge on any atom is -0.322 e. The highest BCUT2D eigenvalue weighted by Gasteiger charge is 2.29. The molecule has 5 nitrogen and oxygen atoms in total. The van der Waals surface area contributed by atoms with Crippen molar-refractivity contribution in [2.75, 3.05) is 16.8 Å². The summed E-state index contributed by atoms with van der Waals surface area (Å²) in [5, 5.41) is 2.25. The average Bonchev–Trinajstić information content (AvgIpc) is 2.62. The van der Waals surface area contributed by atoms with E-state index in [1.807, 2.05) is 0 Å². The number of amides is 1. The Morgan fingerprint density at radius 2 is 2.16 bits per heavy atom. The van der Waals surface area contributed by atoms with Gasteiger partial charge in [0, 0.05) is 6.42 Å². The number of carbonyl (C=O) groups is 1. The zero-order valence-electron chi connectivity index (χ0n) is 9.90. The van der Waals surface area contributed by atoms with Crippen LogP contribution in [0, 0.1) is 17.8 Å². The quantitative estimate of drug-likeness (QED) is 0.846. The molecule has 2 rings (SSSR count). The maximum atomic E-state index is 13.2. The number of carbonyl (C=O) groups excluding carboxylic acids is 1. The third-order valence-electron chi connectivity index (χ3n) is 2.89. The van der Waals surface area contributed by atoms with Crippen LogP contribution >= 0.6 is 0 Å². The fourth-order valence-electron chi connectivity index (χ4n) is 2.00. The normalized spacial score (nSPS) is 21.3. The molecule has 1 atom stereocenters. The standard InChI is InChI=1S/C11H12F2N2O3S/c12-9-2-1-8(11(13)15-9)14-10(16)5-7-3-4-19(17,18)6-7/h1-2,7H,3-6H2,(H,14,16). The number of halogens is 2. The topological polar surface area (TPSA) is 76.1 Å². The van der Waals surface area contributed by atoms with Crippen molar-refractivity contribution in [1.82, 2.24) is 4.98 Å². The van der Waals surface area contributed by atoms with Gasteiger partial charge < -0.3 is 5.32 Å². The van der Waals surface area contributed by atoms with Crippen LogP contribution in [0.2, 0.25) is 0 Å². The summed E-state index contributed by atoms with van der Waals surface area (Å²) < 4.78 is 48.2. The van der Waals surface area contributed by atoms with Crippen molar-refractivity contribution in [3.05, 3.63) is 24.0 Å². The SMILES string of the molecule is O=C(CC1CCS(=O)(=O)C1)Nc1ccc(F)nc1F. The number of aromatic nitrogens is 1. The highest BCUT2D eigenvalue weighted by Crippen LogP contribution is 2.22. The van der Waals surface area contributed by atoms with E-state index in [9.17, 15) is 22.0 Å². The first-order valence-corrected chi connectivity index (χ1v) is 7.50. The maximum absolute atomic E-state index is 13.2. The molecule has 1 aromatic heterocycles. The second-order valence-electron chi connectivity index (χ2n) is 4.49. The van der Waals surface area contributed by atoms with Crippen molar-refractivity contribution in [2.45, 2.75) is 12.8 Å². The Labute approximate surface area is 109 Å². The van der Waals surface area contributed by atoms with E-state index in [2.05, 4.69) is 10.3 Å². The molecule has 0 bridgehead atoms. The number of anilines is 1. The number of rotatable bonds is 3. The number of hydrogen-bond donors (Lipinski definition) is 1. The van der Waals surface area contributed by atoms with Crippen LogP contribution < -0.4 is 5.32 Å². The minimum atomic E-state index is -3.04. The summed E-state index contributed by atoms with van der Waals surface area (Å²) in [7, 11) is -3.04. The van der Waals surface area contributed by atoms with Crippen LogP contribution in [0.4, 0.5) is 14.5 Å². The summed E-state index contributed by atoms with van der Waals surface area (Å²) in [6.07, 6.45) is 0.427. The van der Waals surface area contributed by atoms with Gasteiger partial charge in [-0.15, -0.1) is 0 Å². The van der Waals surface area contributed by atoms with Crippen molar-refractivity contribution in [1.29, 1.82) is 0 Å². The summed E-state index contributed by atoms with van der Waals surface area (Å²) in [6, 6.07) is 2.00. The summed E-state index contributed by atoms with van der Waals surface area (Å²) in [5.41, 5.74) is -0.216. The van der Waals surface area contributed by atoms with Crippen LogP contribution in [0.15, 0.2) is 12.1 Å². The molecule has 0 saturated carbocycles. The van der Waals surface area contributed by atoms with Crippen LogP contribution in [-0.2, 0) is 14.6 Å². The summed E-state index contributed by atoms with van der Waals surface area (Å²) >= 11 is 0. The molecule has 0 aliphatic carbocycles. The van der Waals surface area contributed by atoms with E-state index < -0.39 is 27.6 Å². The number of pyridine rings is 1. The molecule has 1 amide bonds. The molecule has 1 aromatic rings. The molecule has 19 heavy (non-hydrogen) atoms. The van der Waals surface area contributed by atoms with Crippen molar-refractivity contribution in [2.24, 2.45) is 5.92 Å². The van der Waals surface area contributed by atoms with Gasteiger partial charge in [0.05, 0.1) is 17.2 Å². The van der Waals surface area contributed by atoms with Crippen LogP contribution in [0.5, 0.6) is 0 Å². The Hall–Kier alpha value is -1.57. The van der Waals surface area contributed by atoms with Crippen molar-refractivity contribution in [3.63, 3.8) is 0 Å². The maximum Gasteiger partial charge on any atom is 0.239 e. The van der Waals surface area contributed by atoms with Gasteiger partial charge in [-0.2, -0.15) is 13.8 Å². The van der Waals surface area contributed by atoms with Gasteiger partial charge in [-0.25, -0.2) is 8.42 Å². The fraction of sp³-hybridized carbons (Fsp3) is 0.455. The first kappa shape index (κ1) is 13.9. The monoisotopic (exact) mass is 290 g/mol. The number of sulfone groups is 1. The lowest BCUT2D eigenvalue weighted by Crippen LogP contribution is -2.18. The van der Waals surface area contributed by atoms with E-state index in [0.717, 1.165) is 12.1 Å². The average molecular weight is 290 g/mol. The molecule has 0 radical (unpaired) electrons. The lowest BCUT2D eigenvalue weighted by molar-refractivity contribution is -0.116. The third-order valence-corrected chi connectivity index (χ3v) is 4.73. The highest BCUT2D eigenvalue weighted by molar-refractivity contribution is 7.91. The van der Waals surface area contributed by atoms with Crippen LogP contribution in [0.3, 0.4) is 0 Å². The summed E-state index contributed by atoms with van der Waals surface area (Å²) in [5.74, 6) is -2.78. The molecule has 104 valence electrons. The molecule has 1 N–H and O–H groups in total. The predicted molar refractivity (Wildman–Crippen MR) is 64.2 cm³/mol. The molecule has 2 heterocycles. The van der Waals surface area contributed by atoms with E-state index in [4.69, 9.17) is 0 Å². The zero-order valence-corrected chi connectivity index (χ0v) is 10.7. The van der Waals surface area contributed by atoms with Crippen LogP contribution in [-0.4, -0.2) is 30.8 Å². The minimum absolute atomic E-state index is 0.00392. The third kappa shape index (κ3) is 3.69. The second-order valence-corrected chi connectivity index (χ2v) is 6.72. The molecule has 8 heteroatoms. The van der Waals surface area contributed by atoms with Gasteiger partial charge in [0.2, 0.25) is 17.8 Å². The highest BCUT2D eigenvalue weighted by atomic mass is 32.2. The Morgan fingerprint density at radius 1 is 1.42 bits per heavy atom. The first-order chi connectivity index (χ1) is 8.85. The Morgan fingerprint density at radius 3 is 2.74 bits per heavy atom. The fourth-order valence-corrected chi connectivity index (χ4v) is 3.86. The van der Waals surface area contributed by atoms with Crippen molar-refractivity contribution < 1.29 is 22.0 Å². The van der Waals surface area contributed by atoms with Crippen LogP contribution in [0.1, 0.15) is 12.8 Å². The smallest absolute Gasteiger partial charge is 0.239 e. The Balaban J connectivity index is 1.95. The Bertz CT molecular complexity index is 604. The van der Waals surface area contributed by atoms with Gasteiger partial charge >= 0.3 is 0 Å². The molecular weight excluding hydrogens is 278 g/mol.